The number of amides is 2. The molecule has 37 heavy (non-hydrogen) atoms. The minimum Gasteiger partial charge on any atom is -0.317 e. The molecule has 3 nitrogen and oxygen atoms in total. The number of hydrogen-bond acceptors (Lipinski definition) is 1. The van der Waals surface area contributed by atoms with Crippen molar-refractivity contribution in [1.29, 1.82) is 0 Å². The van der Waals surface area contributed by atoms with E-state index in [2.05, 4.69) is 118 Å². The highest BCUT2D eigenvalue weighted by molar-refractivity contribution is 5.91. The smallest absolute Gasteiger partial charge is 0.317 e. The van der Waals surface area contributed by atoms with Crippen molar-refractivity contribution in [2.45, 2.75) is 97.1 Å². The number of nitrogens with zero attached hydrogens (tertiary/aromatic N) is 1. The Hall–Kier alpha value is -3.07. The minimum atomic E-state index is 0.0315. The highest BCUT2D eigenvalue weighted by Crippen LogP contribution is 2.37. The molecular formula is C34H44N2O. The maximum atomic E-state index is 14.1. The van der Waals surface area contributed by atoms with E-state index < -0.39 is 0 Å². The molecule has 1 fully saturated rings. The minimum absolute atomic E-state index is 0.0315. The lowest BCUT2D eigenvalue weighted by molar-refractivity contribution is 0.158. The highest BCUT2D eigenvalue weighted by atomic mass is 16.2. The van der Waals surface area contributed by atoms with Crippen LogP contribution in [0.15, 0.2) is 72.8 Å². The molecule has 0 unspecified atom stereocenters. The first-order valence-corrected chi connectivity index (χ1v) is 14.2. The lowest BCUT2D eigenvalue weighted by atomic mass is 9.81. The van der Waals surface area contributed by atoms with Gasteiger partial charge in [-0.3, -0.25) is 0 Å². The Bertz CT molecular complexity index is 1130. The van der Waals surface area contributed by atoms with Crippen molar-refractivity contribution in [1.82, 2.24) is 4.90 Å². The summed E-state index contributed by atoms with van der Waals surface area (Å²) in [6.07, 6.45) is 5.27. The molecule has 1 aliphatic carbocycles. The van der Waals surface area contributed by atoms with Gasteiger partial charge in [0.15, 0.2) is 0 Å². The van der Waals surface area contributed by atoms with Crippen LogP contribution in [0.3, 0.4) is 0 Å². The maximum absolute atomic E-state index is 14.1. The predicted molar refractivity (Wildman–Crippen MR) is 156 cm³/mol. The molecule has 0 aliphatic heterocycles. The van der Waals surface area contributed by atoms with E-state index >= 15 is 0 Å². The maximum Gasteiger partial charge on any atom is 0.322 e. The fraction of sp³-hybridized carbons (Fsp3) is 0.441. The second-order valence-electron chi connectivity index (χ2n) is 11.2. The van der Waals surface area contributed by atoms with Crippen molar-refractivity contribution < 1.29 is 4.79 Å². The number of carbonyl (C=O) groups excluding carboxylic acids is 1. The van der Waals surface area contributed by atoms with Crippen molar-refractivity contribution in [2.24, 2.45) is 0 Å². The Labute approximate surface area is 224 Å². The lowest BCUT2D eigenvalue weighted by Gasteiger charge is -2.38. The summed E-state index contributed by atoms with van der Waals surface area (Å²) in [5, 5.41) is 3.43. The number of aryl methyl sites for hydroxylation is 1. The van der Waals surface area contributed by atoms with Gasteiger partial charge in [0.1, 0.15) is 0 Å². The molecule has 2 amide bonds. The topological polar surface area (TPSA) is 32.3 Å². The third kappa shape index (κ3) is 6.44. The van der Waals surface area contributed by atoms with Gasteiger partial charge in [-0.1, -0.05) is 107 Å². The summed E-state index contributed by atoms with van der Waals surface area (Å²) in [5.74, 6) is 1.26. The number of benzene rings is 3. The van der Waals surface area contributed by atoms with Crippen molar-refractivity contribution in [3.63, 3.8) is 0 Å². The second-order valence-corrected chi connectivity index (χ2v) is 11.2. The Morgan fingerprint density at radius 1 is 0.784 bits per heavy atom. The van der Waals surface area contributed by atoms with Gasteiger partial charge in [0, 0.05) is 18.3 Å². The molecule has 0 atom stereocenters. The first-order chi connectivity index (χ1) is 17.9. The van der Waals surface area contributed by atoms with Gasteiger partial charge in [-0.2, -0.15) is 0 Å². The van der Waals surface area contributed by atoms with Crippen LogP contribution < -0.4 is 5.32 Å². The first-order valence-electron chi connectivity index (χ1n) is 14.2. The third-order valence-corrected chi connectivity index (χ3v) is 8.11. The van der Waals surface area contributed by atoms with Crippen LogP contribution in [0.1, 0.15) is 106 Å². The summed E-state index contributed by atoms with van der Waals surface area (Å²) in [7, 11) is 0. The first kappa shape index (κ1) is 27.0. The average molecular weight is 497 g/mol. The van der Waals surface area contributed by atoms with E-state index in [1.54, 1.807) is 0 Å². The Morgan fingerprint density at radius 3 is 1.92 bits per heavy atom. The Balaban J connectivity index is 1.62. The van der Waals surface area contributed by atoms with Crippen LogP contribution >= 0.6 is 0 Å². The normalized spacial score (nSPS) is 17.7. The zero-order chi connectivity index (χ0) is 26.4. The molecule has 3 aromatic carbocycles. The number of anilines is 1. The van der Waals surface area contributed by atoms with E-state index in [9.17, 15) is 4.79 Å². The second kappa shape index (κ2) is 12.4. The number of urea groups is 1. The average Bonchev–Trinajstić information content (AvgIpc) is 2.92. The summed E-state index contributed by atoms with van der Waals surface area (Å²) >= 11 is 0. The number of para-hydroxylation sites is 1. The van der Waals surface area contributed by atoms with Crippen LogP contribution in [-0.4, -0.2) is 17.0 Å². The zero-order valence-corrected chi connectivity index (χ0v) is 23.3. The molecule has 0 aromatic heterocycles. The molecule has 0 bridgehead atoms. The summed E-state index contributed by atoms with van der Waals surface area (Å²) in [4.78, 5) is 16.3. The highest BCUT2D eigenvalue weighted by Gasteiger charge is 2.31. The molecule has 0 heterocycles. The molecule has 3 heteroatoms. The summed E-state index contributed by atoms with van der Waals surface area (Å²) < 4.78 is 0. The molecule has 4 rings (SSSR count). The van der Waals surface area contributed by atoms with E-state index in [1.165, 1.54) is 27.8 Å². The van der Waals surface area contributed by atoms with E-state index in [-0.39, 0.29) is 12.1 Å². The zero-order valence-electron chi connectivity index (χ0n) is 23.3. The van der Waals surface area contributed by atoms with Gasteiger partial charge in [-0.05, 0) is 77.7 Å². The van der Waals surface area contributed by atoms with Crippen molar-refractivity contribution in [3.8, 4) is 0 Å². The van der Waals surface area contributed by atoms with Crippen LogP contribution in [-0.2, 0) is 13.0 Å². The Morgan fingerprint density at radius 2 is 1.35 bits per heavy atom. The van der Waals surface area contributed by atoms with Gasteiger partial charge in [0.25, 0.3) is 0 Å². The summed E-state index contributed by atoms with van der Waals surface area (Å²) in [5.41, 5.74) is 7.43. The number of carbonyl (C=O) groups is 1. The van der Waals surface area contributed by atoms with Gasteiger partial charge in [-0.25, -0.2) is 4.79 Å². The molecule has 3 aromatic rings. The van der Waals surface area contributed by atoms with E-state index in [4.69, 9.17) is 0 Å². The van der Waals surface area contributed by atoms with Gasteiger partial charge in [0.2, 0.25) is 0 Å². The number of rotatable bonds is 8. The molecule has 1 aliphatic rings. The molecule has 0 saturated heterocycles. The van der Waals surface area contributed by atoms with Gasteiger partial charge < -0.3 is 10.2 Å². The quantitative estimate of drug-likeness (QED) is 0.331. The molecule has 196 valence electrons. The molecular weight excluding hydrogens is 452 g/mol. The van der Waals surface area contributed by atoms with E-state index in [0.717, 1.165) is 37.8 Å². The van der Waals surface area contributed by atoms with Crippen LogP contribution in [0.2, 0.25) is 0 Å². The van der Waals surface area contributed by atoms with Gasteiger partial charge in [0.05, 0.1) is 0 Å². The molecule has 1 saturated carbocycles. The van der Waals surface area contributed by atoms with E-state index in [1.807, 2.05) is 0 Å². The molecule has 0 spiro atoms. The number of nitrogens with one attached hydrogen (secondary N) is 1. The summed E-state index contributed by atoms with van der Waals surface area (Å²) in [6.45, 7) is 11.7. The van der Waals surface area contributed by atoms with Crippen molar-refractivity contribution >= 4 is 11.7 Å². The molecule has 0 radical (unpaired) electrons. The van der Waals surface area contributed by atoms with E-state index in [0.29, 0.717) is 24.3 Å². The summed E-state index contributed by atoms with van der Waals surface area (Å²) in [6, 6.07) is 26.2. The lowest BCUT2D eigenvalue weighted by Crippen LogP contribution is -2.44. The SMILES string of the molecule is CCc1ccccc1CN(C(=O)Nc1c(C(C)C)cccc1C(C)C)C1CCC(c2ccccc2)CC1. The third-order valence-electron chi connectivity index (χ3n) is 8.11. The van der Waals surface area contributed by atoms with Crippen molar-refractivity contribution in [3.05, 3.63) is 101 Å². The standard InChI is InChI=1S/C34H44N2O/c1-6-26-13-10-11-16-29(26)23-36(30-21-19-28(20-22-30)27-14-8-7-9-15-27)34(37)35-33-31(24(2)3)17-12-18-32(33)25(4)5/h7-18,24-25,28,30H,6,19-23H2,1-5H3,(H,35,37). The van der Waals surface area contributed by atoms with Crippen LogP contribution in [0.5, 0.6) is 0 Å². The van der Waals surface area contributed by atoms with Crippen LogP contribution in [0.4, 0.5) is 10.5 Å². The largest absolute Gasteiger partial charge is 0.322 e. The number of hydrogen-bond donors (Lipinski definition) is 1. The van der Waals surface area contributed by atoms with Crippen LogP contribution in [0, 0.1) is 0 Å². The van der Waals surface area contributed by atoms with Crippen molar-refractivity contribution in [2.75, 3.05) is 5.32 Å². The van der Waals surface area contributed by atoms with Gasteiger partial charge in [-0.15, -0.1) is 0 Å². The molecule has 1 N–H and O–H groups in total. The fourth-order valence-electron chi connectivity index (χ4n) is 5.93. The monoisotopic (exact) mass is 496 g/mol. The fourth-order valence-corrected chi connectivity index (χ4v) is 5.93. The Kier molecular flexibility index (Phi) is 9.08. The predicted octanol–water partition coefficient (Wildman–Crippen LogP) is 9.26. The van der Waals surface area contributed by atoms with Crippen LogP contribution in [0.25, 0.3) is 0 Å². The van der Waals surface area contributed by atoms with Gasteiger partial charge >= 0.3 is 6.03 Å².